The van der Waals surface area contributed by atoms with Gasteiger partial charge in [0, 0.05) is 12.6 Å². The van der Waals surface area contributed by atoms with E-state index in [9.17, 15) is 20.2 Å². The van der Waals surface area contributed by atoms with Gasteiger partial charge in [-0.1, -0.05) is 0 Å². The standard InChI is InChI=1S/C8H7N3O4/c12-10(13)6-3-5-1-2-9-8(5)7(4-6)11(14)15/h3-4,9H,1-2H2. The van der Waals surface area contributed by atoms with Crippen LogP contribution in [0.2, 0.25) is 0 Å². The highest BCUT2D eigenvalue weighted by molar-refractivity contribution is 5.72. The molecule has 1 N–H and O–H groups in total. The van der Waals surface area contributed by atoms with E-state index in [1.54, 1.807) is 0 Å². The lowest BCUT2D eigenvalue weighted by molar-refractivity contribution is -0.393. The average molecular weight is 209 g/mol. The average Bonchev–Trinajstić information content (AvgIpc) is 2.62. The number of fused-ring (bicyclic) bond motifs is 1. The molecule has 0 bridgehead atoms. The molecule has 2 rings (SSSR count). The van der Waals surface area contributed by atoms with Gasteiger partial charge >= 0.3 is 0 Å². The van der Waals surface area contributed by atoms with Crippen LogP contribution >= 0.6 is 0 Å². The van der Waals surface area contributed by atoms with Crippen LogP contribution in [0.5, 0.6) is 0 Å². The number of hydrogen-bond acceptors (Lipinski definition) is 5. The van der Waals surface area contributed by atoms with Crippen LogP contribution in [0.3, 0.4) is 0 Å². The number of nitro groups is 2. The highest BCUT2D eigenvalue weighted by Gasteiger charge is 2.26. The summed E-state index contributed by atoms with van der Waals surface area (Å²) in [5.74, 6) is 0. The Kier molecular flexibility index (Phi) is 2.00. The molecular weight excluding hydrogens is 202 g/mol. The van der Waals surface area contributed by atoms with Gasteiger partial charge in [0.25, 0.3) is 11.4 Å². The largest absolute Gasteiger partial charge is 0.379 e. The van der Waals surface area contributed by atoms with Gasteiger partial charge in [0.1, 0.15) is 5.69 Å². The first-order valence-corrected chi connectivity index (χ1v) is 4.29. The maximum Gasteiger partial charge on any atom is 0.299 e. The van der Waals surface area contributed by atoms with Crippen LogP contribution in [0, 0.1) is 20.2 Å². The molecule has 7 nitrogen and oxygen atoms in total. The van der Waals surface area contributed by atoms with Gasteiger partial charge in [-0.3, -0.25) is 20.2 Å². The minimum atomic E-state index is -0.619. The second-order valence-corrected chi connectivity index (χ2v) is 3.19. The molecule has 0 saturated carbocycles. The Balaban J connectivity index is 2.62. The van der Waals surface area contributed by atoms with E-state index < -0.39 is 9.85 Å². The van der Waals surface area contributed by atoms with Gasteiger partial charge in [-0.05, 0) is 12.0 Å². The molecule has 1 aliphatic rings. The quantitative estimate of drug-likeness (QED) is 0.587. The monoisotopic (exact) mass is 209 g/mol. The first kappa shape index (κ1) is 9.38. The Bertz CT molecular complexity index is 457. The van der Waals surface area contributed by atoms with Gasteiger partial charge < -0.3 is 5.32 Å². The molecule has 15 heavy (non-hydrogen) atoms. The van der Waals surface area contributed by atoms with Gasteiger partial charge in [-0.15, -0.1) is 0 Å². The van der Waals surface area contributed by atoms with E-state index in [1.165, 1.54) is 6.07 Å². The number of anilines is 1. The number of nitrogens with zero attached hydrogens (tertiary/aromatic N) is 2. The lowest BCUT2D eigenvalue weighted by Gasteiger charge is -2.00. The summed E-state index contributed by atoms with van der Waals surface area (Å²) in [5.41, 5.74) is 0.586. The molecule has 0 unspecified atom stereocenters. The van der Waals surface area contributed by atoms with E-state index in [2.05, 4.69) is 5.32 Å². The van der Waals surface area contributed by atoms with E-state index in [0.717, 1.165) is 6.07 Å². The SMILES string of the molecule is O=[N+]([O-])c1cc2c(c([N+](=O)[O-])c1)NCC2. The first-order valence-electron chi connectivity index (χ1n) is 4.29. The summed E-state index contributed by atoms with van der Waals surface area (Å²) in [6, 6.07) is 2.36. The number of nitro benzene ring substituents is 2. The van der Waals surface area contributed by atoms with E-state index in [0.29, 0.717) is 24.2 Å². The molecule has 1 aromatic rings. The van der Waals surface area contributed by atoms with Crippen molar-refractivity contribution in [2.24, 2.45) is 0 Å². The van der Waals surface area contributed by atoms with Crippen molar-refractivity contribution >= 4 is 17.1 Å². The van der Waals surface area contributed by atoms with E-state index in [4.69, 9.17) is 0 Å². The molecule has 0 saturated heterocycles. The van der Waals surface area contributed by atoms with E-state index in [1.807, 2.05) is 0 Å². The van der Waals surface area contributed by atoms with Crippen molar-refractivity contribution in [3.8, 4) is 0 Å². The van der Waals surface area contributed by atoms with Gasteiger partial charge in [0.15, 0.2) is 0 Å². The first-order chi connectivity index (χ1) is 7.09. The zero-order chi connectivity index (χ0) is 11.0. The summed E-state index contributed by atoms with van der Waals surface area (Å²) in [4.78, 5) is 20.0. The van der Waals surface area contributed by atoms with Crippen molar-refractivity contribution in [3.63, 3.8) is 0 Å². The molecular formula is C8H7N3O4. The molecule has 1 aliphatic heterocycles. The van der Waals surface area contributed by atoms with Crippen LogP contribution in [0.15, 0.2) is 12.1 Å². The Hall–Kier alpha value is -2.18. The normalized spacial score (nSPS) is 13.1. The molecule has 0 aliphatic carbocycles. The molecule has 0 amide bonds. The second-order valence-electron chi connectivity index (χ2n) is 3.19. The van der Waals surface area contributed by atoms with Crippen molar-refractivity contribution in [2.45, 2.75) is 6.42 Å². The fourth-order valence-electron chi connectivity index (χ4n) is 1.64. The summed E-state index contributed by atoms with van der Waals surface area (Å²) >= 11 is 0. The molecule has 7 heteroatoms. The van der Waals surface area contributed by atoms with Gasteiger partial charge in [-0.2, -0.15) is 0 Å². The lowest BCUT2D eigenvalue weighted by Crippen LogP contribution is -1.98. The molecule has 78 valence electrons. The third kappa shape index (κ3) is 1.47. The number of non-ortho nitro benzene ring substituents is 1. The summed E-state index contributed by atoms with van der Waals surface area (Å²) < 4.78 is 0. The predicted octanol–water partition coefficient (Wildman–Crippen LogP) is 1.47. The van der Waals surface area contributed by atoms with Crippen LogP contribution in [0.1, 0.15) is 5.56 Å². The number of hydrogen-bond donors (Lipinski definition) is 1. The minimum absolute atomic E-state index is 0.225. The van der Waals surface area contributed by atoms with Gasteiger partial charge in [-0.25, -0.2) is 0 Å². The molecule has 1 aromatic carbocycles. The Morgan fingerprint density at radius 3 is 2.53 bits per heavy atom. The highest BCUT2D eigenvalue weighted by atomic mass is 16.6. The van der Waals surface area contributed by atoms with Gasteiger partial charge in [0.05, 0.1) is 15.9 Å². The Labute approximate surface area is 84.0 Å². The number of rotatable bonds is 2. The fourth-order valence-corrected chi connectivity index (χ4v) is 1.64. The molecule has 0 atom stereocenters. The summed E-state index contributed by atoms with van der Waals surface area (Å²) in [6.45, 7) is 0.581. The fraction of sp³-hybridized carbons (Fsp3) is 0.250. The van der Waals surface area contributed by atoms with Crippen molar-refractivity contribution in [2.75, 3.05) is 11.9 Å². The molecule has 0 spiro atoms. The maximum absolute atomic E-state index is 10.7. The van der Waals surface area contributed by atoms with Crippen LogP contribution in [-0.4, -0.2) is 16.4 Å². The second kappa shape index (κ2) is 3.19. The lowest BCUT2D eigenvalue weighted by atomic mass is 10.1. The number of benzene rings is 1. The summed E-state index contributed by atoms with van der Waals surface area (Å²) in [6.07, 6.45) is 0.581. The summed E-state index contributed by atoms with van der Waals surface area (Å²) in [5, 5.41) is 24.1. The van der Waals surface area contributed by atoms with Crippen LogP contribution < -0.4 is 5.32 Å². The zero-order valence-electron chi connectivity index (χ0n) is 7.60. The molecule has 0 radical (unpaired) electrons. The Morgan fingerprint density at radius 2 is 1.93 bits per heavy atom. The smallest absolute Gasteiger partial charge is 0.299 e. The van der Waals surface area contributed by atoms with E-state index >= 15 is 0 Å². The minimum Gasteiger partial charge on any atom is -0.379 e. The number of nitrogens with one attached hydrogen (secondary N) is 1. The highest BCUT2D eigenvalue weighted by Crippen LogP contribution is 2.36. The zero-order valence-corrected chi connectivity index (χ0v) is 7.60. The third-order valence-electron chi connectivity index (χ3n) is 2.29. The predicted molar refractivity (Wildman–Crippen MR) is 51.9 cm³/mol. The van der Waals surface area contributed by atoms with Crippen molar-refractivity contribution in [3.05, 3.63) is 37.9 Å². The van der Waals surface area contributed by atoms with Crippen LogP contribution in [-0.2, 0) is 6.42 Å². The summed E-state index contributed by atoms with van der Waals surface area (Å²) in [7, 11) is 0. The molecule has 0 fully saturated rings. The van der Waals surface area contributed by atoms with Gasteiger partial charge in [0.2, 0.25) is 0 Å². The molecule has 0 aromatic heterocycles. The van der Waals surface area contributed by atoms with Crippen LogP contribution in [0.4, 0.5) is 17.1 Å². The van der Waals surface area contributed by atoms with Crippen LogP contribution in [0.25, 0.3) is 0 Å². The van der Waals surface area contributed by atoms with E-state index in [-0.39, 0.29) is 11.4 Å². The van der Waals surface area contributed by atoms with Crippen molar-refractivity contribution < 1.29 is 9.85 Å². The third-order valence-corrected chi connectivity index (χ3v) is 2.29. The van der Waals surface area contributed by atoms with Crippen molar-refractivity contribution in [1.82, 2.24) is 0 Å². The molecule has 1 heterocycles. The Morgan fingerprint density at radius 1 is 1.20 bits per heavy atom. The van der Waals surface area contributed by atoms with Crippen molar-refractivity contribution in [1.29, 1.82) is 0 Å². The topological polar surface area (TPSA) is 98.3 Å². The maximum atomic E-state index is 10.7.